The molecule has 3 aromatic rings. The second-order valence-electron chi connectivity index (χ2n) is 13.5. The molecule has 8 heteroatoms. The summed E-state index contributed by atoms with van der Waals surface area (Å²) in [5, 5.41) is 0. The van der Waals surface area contributed by atoms with Gasteiger partial charge in [-0.15, -0.1) is 11.1 Å². The van der Waals surface area contributed by atoms with Gasteiger partial charge < -0.3 is 9.47 Å². The van der Waals surface area contributed by atoms with Crippen molar-refractivity contribution in [2.24, 2.45) is 0 Å². The third kappa shape index (κ3) is 4.76. The lowest BCUT2D eigenvalue weighted by molar-refractivity contribution is -0.120. The number of anilines is 2. The molecule has 2 amide bonds. The normalized spacial score (nSPS) is 29.1. The van der Waals surface area contributed by atoms with Crippen molar-refractivity contribution in [3.8, 4) is 0 Å². The molecule has 0 aromatic heterocycles. The highest BCUT2D eigenvalue weighted by atomic mass is 16.5. The lowest BCUT2D eigenvalue weighted by atomic mass is 9.84. The summed E-state index contributed by atoms with van der Waals surface area (Å²) >= 11 is 0. The number of para-hydroxylation sites is 2. The number of hydrogen-bond acceptors (Lipinski definition) is 6. The van der Waals surface area contributed by atoms with E-state index in [0.717, 1.165) is 28.1 Å². The summed E-state index contributed by atoms with van der Waals surface area (Å²) in [6.07, 6.45) is 0.611. The Labute approximate surface area is 260 Å². The molecular weight excluding hydrogens is 552 g/mol. The number of benzene rings is 3. The van der Waals surface area contributed by atoms with E-state index in [4.69, 9.17) is 9.47 Å². The first kappa shape index (κ1) is 29.2. The molecule has 3 aromatic carbocycles. The van der Waals surface area contributed by atoms with Crippen LogP contribution in [0.2, 0.25) is 0 Å². The number of rotatable bonds is 6. The maximum atomic E-state index is 14.1. The third-order valence-electron chi connectivity index (χ3n) is 9.83. The zero-order valence-corrected chi connectivity index (χ0v) is 26.1. The first-order chi connectivity index (χ1) is 21.2. The average molecular weight is 594 g/mol. The molecule has 4 aliphatic heterocycles. The molecular formula is C36H41N4O4-. The largest absolute Gasteiger partial charge is 0.380 e. The van der Waals surface area contributed by atoms with Crippen LogP contribution in [0.1, 0.15) is 62.6 Å². The van der Waals surface area contributed by atoms with Crippen molar-refractivity contribution in [1.82, 2.24) is 9.80 Å². The van der Waals surface area contributed by atoms with Crippen LogP contribution in [0, 0.1) is 6.07 Å². The quantitative estimate of drug-likeness (QED) is 0.373. The summed E-state index contributed by atoms with van der Waals surface area (Å²) in [5.74, 6) is 0.169. The Morgan fingerprint density at radius 2 is 1.09 bits per heavy atom. The van der Waals surface area contributed by atoms with Crippen LogP contribution in [-0.4, -0.2) is 73.2 Å². The predicted octanol–water partition coefficient (Wildman–Crippen LogP) is 5.05. The number of carbonyl (C=O) groups excluding carboxylic acids is 2. The van der Waals surface area contributed by atoms with E-state index < -0.39 is 0 Å². The van der Waals surface area contributed by atoms with Crippen LogP contribution in [0.3, 0.4) is 0 Å². The van der Waals surface area contributed by atoms with Gasteiger partial charge in [0.05, 0.1) is 36.6 Å². The Kier molecular flexibility index (Phi) is 7.36. The second kappa shape index (κ2) is 11.1. The Balaban J connectivity index is 1.40. The molecule has 0 aliphatic carbocycles. The van der Waals surface area contributed by atoms with E-state index >= 15 is 0 Å². The fourth-order valence-electron chi connectivity index (χ4n) is 7.55. The fourth-order valence-corrected chi connectivity index (χ4v) is 7.55. The molecule has 7 rings (SSSR count). The molecule has 4 aliphatic rings. The Bertz CT molecular complexity index is 1430. The van der Waals surface area contributed by atoms with Crippen molar-refractivity contribution in [1.29, 1.82) is 0 Å². The minimum Gasteiger partial charge on any atom is -0.380 e. The highest BCUT2D eigenvalue weighted by Gasteiger charge is 2.53. The van der Waals surface area contributed by atoms with Gasteiger partial charge in [0.1, 0.15) is 0 Å². The van der Waals surface area contributed by atoms with Crippen LogP contribution in [0.4, 0.5) is 11.4 Å². The number of amides is 2. The summed E-state index contributed by atoms with van der Waals surface area (Å²) in [6, 6.07) is 27.6. The minimum atomic E-state index is -0.348. The molecule has 6 atom stereocenters. The van der Waals surface area contributed by atoms with Gasteiger partial charge in [-0.05, 0) is 42.5 Å². The molecule has 44 heavy (non-hydrogen) atoms. The molecule has 230 valence electrons. The van der Waals surface area contributed by atoms with E-state index in [1.807, 2.05) is 70.5 Å². The van der Waals surface area contributed by atoms with Gasteiger partial charge in [0, 0.05) is 38.7 Å². The molecule has 0 spiro atoms. The third-order valence-corrected chi connectivity index (χ3v) is 9.83. The maximum Gasteiger partial charge on any atom is 0.246 e. The van der Waals surface area contributed by atoms with Crippen LogP contribution >= 0.6 is 0 Å². The minimum absolute atomic E-state index is 0.00740. The van der Waals surface area contributed by atoms with Gasteiger partial charge in [-0.3, -0.25) is 29.2 Å². The predicted molar refractivity (Wildman–Crippen MR) is 169 cm³/mol. The molecule has 4 saturated heterocycles. The topological polar surface area (TPSA) is 65.6 Å². The number of hydrogen-bond donors (Lipinski definition) is 0. The number of fused-ring (bicyclic) bond motifs is 2. The molecule has 0 radical (unpaired) electrons. The smallest absolute Gasteiger partial charge is 0.246 e. The second-order valence-corrected chi connectivity index (χ2v) is 13.5. The number of carbonyl (C=O) groups is 2. The molecule has 0 N–H and O–H groups in total. The molecule has 0 unspecified atom stereocenters. The van der Waals surface area contributed by atoms with Crippen LogP contribution in [0.15, 0.2) is 72.8 Å². The van der Waals surface area contributed by atoms with Gasteiger partial charge in [-0.2, -0.15) is 23.8 Å². The van der Waals surface area contributed by atoms with Crippen molar-refractivity contribution < 1.29 is 19.1 Å². The monoisotopic (exact) mass is 593 g/mol. The van der Waals surface area contributed by atoms with Gasteiger partial charge in [0.25, 0.3) is 0 Å². The number of methoxy groups -OCH3 is 2. The van der Waals surface area contributed by atoms with E-state index in [-0.39, 0.29) is 53.9 Å². The van der Waals surface area contributed by atoms with Crippen LogP contribution in [0.25, 0.3) is 0 Å². The van der Waals surface area contributed by atoms with Gasteiger partial charge in [0.2, 0.25) is 11.8 Å². The zero-order valence-electron chi connectivity index (χ0n) is 26.1. The first-order valence-corrected chi connectivity index (χ1v) is 15.6. The summed E-state index contributed by atoms with van der Waals surface area (Å²) < 4.78 is 11.5. The molecule has 0 saturated carbocycles. The standard InChI is InChI=1S/C36H41N4O4/c1-36(2,3)25-17-23(32-37-21-28(43-4)19-30(37)34(41)39(32)26-12-8-6-9-13-26)16-24(18-25)33-38-22-29(44-5)20-31(38)35(42)40(33)27-14-10-7-11-15-27/h6-15,17-18,28-33H,19-22H2,1-5H3/q-1/t28-,29-,30+,31+,32-,33-/m1/s1. The Morgan fingerprint density at radius 1 is 0.682 bits per heavy atom. The van der Waals surface area contributed by atoms with Gasteiger partial charge in [0.15, 0.2) is 0 Å². The highest BCUT2D eigenvalue weighted by molar-refractivity contribution is 6.01. The molecule has 4 heterocycles. The van der Waals surface area contributed by atoms with Crippen molar-refractivity contribution in [2.75, 3.05) is 37.1 Å². The lowest BCUT2D eigenvalue weighted by Crippen LogP contribution is -2.36. The van der Waals surface area contributed by atoms with Gasteiger partial charge in [-0.25, -0.2) is 0 Å². The summed E-state index contributed by atoms with van der Waals surface area (Å²) in [4.78, 5) is 36.6. The van der Waals surface area contributed by atoms with E-state index in [0.29, 0.717) is 25.9 Å². The molecule has 4 fully saturated rings. The van der Waals surface area contributed by atoms with Crippen molar-refractivity contribution in [3.05, 3.63) is 95.6 Å². The zero-order chi connectivity index (χ0) is 30.7. The van der Waals surface area contributed by atoms with Crippen molar-refractivity contribution >= 4 is 23.2 Å². The lowest BCUT2D eigenvalue weighted by Gasteiger charge is -2.39. The van der Waals surface area contributed by atoms with Crippen LogP contribution < -0.4 is 9.80 Å². The van der Waals surface area contributed by atoms with Crippen LogP contribution in [0.5, 0.6) is 0 Å². The van der Waals surface area contributed by atoms with Gasteiger partial charge in [-0.1, -0.05) is 57.2 Å². The van der Waals surface area contributed by atoms with E-state index in [9.17, 15) is 9.59 Å². The van der Waals surface area contributed by atoms with E-state index in [2.05, 4.69) is 48.8 Å². The average Bonchev–Trinajstić information content (AvgIpc) is 3.77. The number of nitrogens with zero attached hydrogens (tertiary/aromatic N) is 4. The maximum absolute atomic E-state index is 14.1. The fraction of sp³-hybridized carbons (Fsp3) is 0.444. The molecule has 8 nitrogen and oxygen atoms in total. The van der Waals surface area contributed by atoms with Crippen molar-refractivity contribution in [3.63, 3.8) is 0 Å². The summed E-state index contributed by atoms with van der Waals surface area (Å²) in [6.45, 7) is 7.94. The SMILES string of the molecule is CO[C@@H]1C[C@H]2C(=O)N(c3ccccc3)[C@H](c3[c-]c([C@H]4N(c5ccccc5)C(=O)[C@@H]5C[C@@H](OC)CN54)cc(C(C)(C)C)c3)N2C1. The summed E-state index contributed by atoms with van der Waals surface area (Å²) in [5.41, 5.74) is 4.54. The molecule has 0 bridgehead atoms. The van der Waals surface area contributed by atoms with E-state index in [1.54, 1.807) is 14.2 Å². The van der Waals surface area contributed by atoms with Crippen LogP contribution in [-0.2, 0) is 24.5 Å². The highest BCUT2D eigenvalue weighted by Crippen LogP contribution is 2.47. The van der Waals surface area contributed by atoms with Gasteiger partial charge >= 0.3 is 0 Å². The van der Waals surface area contributed by atoms with E-state index in [1.165, 1.54) is 0 Å². The Morgan fingerprint density at radius 3 is 1.45 bits per heavy atom. The summed E-state index contributed by atoms with van der Waals surface area (Å²) in [7, 11) is 3.45. The number of ether oxygens (including phenoxy) is 2. The first-order valence-electron chi connectivity index (χ1n) is 15.6. The Hall–Kier alpha value is -3.56. The van der Waals surface area contributed by atoms with Crippen molar-refractivity contribution in [2.45, 2.75) is 75.7 Å².